The summed E-state index contributed by atoms with van der Waals surface area (Å²) < 4.78 is 64.6. The number of hydrogen-bond donors (Lipinski definition) is 0. The highest BCUT2D eigenvalue weighted by atomic mass is 31.2. The Labute approximate surface area is 385 Å². The normalized spacial score (nSPS) is 14.4. The number of rotatable bonds is 9. The molecular weight excluding hydrogens is 863 g/mol. The summed E-state index contributed by atoms with van der Waals surface area (Å²) in [5.74, 6) is 3.29. The van der Waals surface area contributed by atoms with Crippen LogP contribution in [0, 0.1) is 6.92 Å². The third-order valence-corrected chi connectivity index (χ3v) is 13.4. The lowest BCUT2D eigenvalue weighted by atomic mass is 9.81. The van der Waals surface area contributed by atoms with Crippen molar-refractivity contribution in [3.05, 3.63) is 100 Å². The Hall–Kier alpha value is -5.50. The molecule has 1 unspecified atom stereocenters. The van der Waals surface area contributed by atoms with Crippen molar-refractivity contribution < 1.29 is 50.2 Å². The van der Waals surface area contributed by atoms with E-state index in [9.17, 15) is 4.79 Å². The van der Waals surface area contributed by atoms with Gasteiger partial charge < -0.3 is 45.4 Å². The van der Waals surface area contributed by atoms with Gasteiger partial charge in [-0.15, -0.1) is 0 Å². The minimum absolute atomic E-state index is 0.339. The molecule has 7 rings (SSSR count). The maximum absolute atomic E-state index is 13.5. The van der Waals surface area contributed by atoms with Gasteiger partial charge in [0.2, 0.25) is 0 Å². The number of methoxy groups -OCH3 is 4. The topological polar surface area (TPSA) is 117 Å². The van der Waals surface area contributed by atoms with E-state index in [4.69, 9.17) is 45.4 Å². The highest BCUT2D eigenvalue weighted by Crippen LogP contribution is 2.57. The fraction of sp³-hybridized carbons (Fsp3) is 0.404. The second-order valence-electron chi connectivity index (χ2n) is 20.4. The van der Waals surface area contributed by atoms with E-state index in [1.165, 1.54) is 0 Å². The zero-order valence-electron chi connectivity index (χ0n) is 40.7. The molecule has 1 atom stereocenters. The Morgan fingerprint density at radius 1 is 0.477 bits per heavy atom. The third-order valence-electron chi connectivity index (χ3n) is 11.4. The smallest absolute Gasteiger partial charge is 0.497 e. The molecule has 0 radical (unpaired) electrons. The van der Waals surface area contributed by atoms with Crippen LogP contribution in [0.25, 0.3) is 33.1 Å². The summed E-state index contributed by atoms with van der Waals surface area (Å²) in [4.78, 5) is 13.5. The molecular formula is C52H62O11P2. The fourth-order valence-corrected chi connectivity index (χ4v) is 10.1. The summed E-state index contributed by atoms with van der Waals surface area (Å²) in [6.45, 7) is 27.3. The van der Waals surface area contributed by atoms with E-state index in [0.717, 1.165) is 38.6 Å². The molecule has 1 aliphatic rings. The van der Waals surface area contributed by atoms with Gasteiger partial charge in [-0.25, -0.2) is 4.79 Å². The van der Waals surface area contributed by atoms with E-state index in [1.54, 1.807) is 40.6 Å². The molecule has 2 heterocycles. The maximum atomic E-state index is 13.5. The summed E-state index contributed by atoms with van der Waals surface area (Å²) in [5, 5.41) is 1.57. The number of para-hydroxylation sites is 1. The minimum Gasteiger partial charge on any atom is -0.497 e. The highest BCUT2D eigenvalue weighted by molar-refractivity contribution is 7.43. The maximum Gasteiger partial charge on any atom is 0.532 e. The van der Waals surface area contributed by atoms with E-state index in [-0.39, 0.29) is 10.8 Å². The van der Waals surface area contributed by atoms with Crippen molar-refractivity contribution in [2.75, 3.05) is 28.4 Å². The van der Waals surface area contributed by atoms with Crippen molar-refractivity contribution in [2.24, 2.45) is 0 Å². The number of carbonyl (C=O) groups excluding carboxylic acids is 1. The van der Waals surface area contributed by atoms with Gasteiger partial charge in [-0.3, -0.25) is 0 Å². The number of ether oxygens (including phenoxy) is 4. The predicted octanol–water partition coefficient (Wildman–Crippen LogP) is 15.2. The zero-order valence-corrected chi connectivity index (χ0v) is 42.5. The van der Waals surface area contributed by atoms with Crippen molar-refractivity contribution in [1.29, 1.82) is 0 Å². The molecule has 13 heteroatoms. The Morgan fingerprint density at radius 2 is 0.877 bits per heavy atom. The highest BCUT2D eigenvalue weighted by Gasteiger charge is 2.38. The van der Waals surface area contributed by atoms with Crippen LogP contribution in [0.15, 0.2) is 75.1 Å². The van der Waals surface area contributed by atoms with Crippen molar-refractivity contribution in [2.45, 2.75) is 112 Å². The van der Waals surface area contributed by atoms with Gasteiger partial charge in [-0.2, -0.15) is 0 Å². The molecule has 0 bridgehead atoms. The molecule has 346 valence electrons. The molecule has 0 aliphatic carbocycles. The molecule has 65 heavy (non-hydrogen) atoms. The first-order valence-corrected chi connectivity index (χ1v) is 23.8. The summed E-state index contributed by atoms with van der Waals surface area (Å²) >= 11 is 0. The van der Waals surface area contributed by atoms with Crippen LogP contribution in [0.3, 0.4) is 0 Å². The van der Waals surface area contributed by atoms with Gasteiger partial charge in [0.1, 0.15) is 57.0 Å². The first kappa shape index (κ1) is 47.5. The molecule has 5 aromatic carbocycles. The molecule has 0 N–H and O–H groups in total. The molecule has 1 aliphatic heterocycles. The fourth-order valence-electron chi connectivity index (χ4n) is 7.84. The van der Waals surface area contributed by atoms with Gasteiger partial charge in [0.25, 0.3) is 0 Å². The van der Waals surface area contributed by atoms with Gasteiger partial charge in [0.15, 0.2) is 0 Å². The lowest BCUT2D eigenvalue weighted by Crippen LogP contribution is -2.18. The van der Waals surface area contributed by atoms with Crippen LogP contribution in [0.4, 0.5) is 0 Å². The summed E-state index contributed by atoms with van der Waals surface area (Å²) in [6, 6.07) is 21.1. The quantitative estimate of drug-likeness (QED) is 0.129. The second kappa shape index (κ2) is 17.4. The van der Waals surface area contributed by atoms with Crippen molar-refractivity contribution >= 4 is 44.8 Å². The van der Waals surface area contributed by atoms with Crippen LogP contribution in [-0.4, -0.2) is 34.4 Å². The van der Waals surface area contributed by atoms with E-state index in [1.807, 2.05) is 61.5 Å². The van der Waals surface area contributed by atoms with Gasteiger partial charge in [-0.05, 0) is 88.7 Å². The Morgan fingerprint density at radius 3 is 1.29 bits per heavy atom. The molecule has 0 fully saturated rings. The van der Waals surface area contributed by atoms with Crippen LogP contribution >= 0.6 is 16.8 Å². The summed E-state index contributed by atoms with van der Waals surface area (Å²) in [6.07, 6.45) is 0. The first-order chi connectivity index (χ1) is 30.4. The Bertz CT molecular complexity index is 2770. The van der Waals surface area contributed by atoms with Crippen molar-refractivity contribution in [3.8, 4) is 51.4 Å². The number of fused-ring (bicyclic) bond motifs is 4. The standard InChI is InChI=1S/C52H62O11P2/c1-29-19-18-20-34-43(29)58-65(63-48(34)53)62-47-38(24-33(57-17)28-42(47)52(11,12)13)37-23-32(56-16)27-41(51(8,9)10)46(37)61-64-59-44-35(21-30(54-14)25-39(44)49(2,3)4)36-22-31(55-15)26-40(45(36)60-64)50(5,6)7/h18-28H,1-17H3. The molecule has 0 amide bonds. The molecule has 11 nitrogen and oxygen atoms in total. The average molecular weight is 925 g/mol. The van der Waals surface area contributed by atoms with Crippen LogP contribution in [-0.2, 0) is 26.2 Å². The first-order valence-electron chi connectivity index (χ1n) is 21.6. The number of aryl methyl sites for hydroxylation is 1. The average Bonchev–Trinajstić information content (AvgIpc) is 3.38. The van der Waals surface area contributed by atoms with Gasteiger partial charge in [0, 0.05) is 44.2 Å². The van der Waals surface area contributed by atoms with Gasteiger partial charge in [-0.1, -0.05) is 95.2 Å². The van der Waals surface area contributed by atoms with Crippen molar-refractivity contribution in [3.63, 3.8) is 0 Å². The largest absolute Gasteiger partial charge is 0.532 e. The van der Waals surface area contributed by atoms with Crippen LogP contribution < -0.4 is 32.5 Å². The Balaban J connectivity index is 1.59. The van der Waals surface area contributed by atoms with Crippen LogP contribution in [0.2, 0.25) is 0 Å². The molecule has 0 saturated heterocycles. The van der Waals surface area contributed by atoms with E-state index < -0.39 is 33.6 Å². The summed E-state index contributed by atoms with van der Waals surface area (Å²) in [7, 11) is 2.04. The van der Waals surface area contributed by atoms with Crippen LogP contribution in [0.1, 0.15) is 121 Å². The van der Waals surface area contributed by atoms with Gasteiger partial charge >= 0.3 is 22.8 Å². The van der Waals surface area contributed by atoms with Crippen LogP contribution in [0.5, 0.6) is 40.2 Å². The number of hydrogen-bond acceptors (Lipinski definition) is 11. The lowest BCUT2D eigenvalue weighted by Gasteiger charge is -2.30. The number of benzene rings is 5. The third kappa shape index (κ3) is 9.46. The van der Waals surface area contributed by atoms with Crippen molar-refractivity contribution in [1.82, 2.24) is 0 Å². The predicted molar refractivity (Wildman–Crippen MR) is 260 cm³/mol. The summed E-state index contributed by atoms with van der Waals surface area (Å²) in [5.41, 5.74) is 5.13. The van der Waals surface area contributed by atoms with E-state index in [0.29, 0.717) is 68.1 Å². The molecule has 1 aromatic heterocycles. The van der Waals surface area contributed by atoms with Gasteiger partial charge in [0.05, 0.1) is 28.4 Å². The Kier molecular flexibility index (Phi) is 12.7. The lowest BCUT2D eigenvalue weighted by molar-refractivity contribution is 0.0696. The van der Waals surface area contributed by atoms with E-state index >= 15 is 0 Å². The molecule has 6 aromatic rings. The molecule has 0 saturated carbocycles. The molecule has 0 spiro atoms. The zero-order chi connectivity index (χ0) is 47.6. The minimum atomic E-state index is -2.28. The SMILES string of the molecule is COc1cc(-c2cc(OC)cc(C(C)(C)C)c2Op2oc3c(C(C)(C)C)cc(OC)cc3c3cc(OC)cc(C(C)(C)C)c3o2)c(OP2OC(=O)c3cccc(C)c3O2)c(C(C)(C)C)c1. The second-order valence-corrected chi connectivity index (χ2v) is 22.4. The monoisotopic (exact) mass is 924 g/mol. The van der Waals surface area contributed by atoms with E-state index in [2.05, 4.69) is 83.1 Å². The number of carbonyl (C=O) groups is 1.